The van der Waals surface area contributed by atoms with Gasteiger partial charge in [0.1, 0.15) is 5.82 Å². The number of likely N-dealkylation sites (tertiary alicyclic amines) is 1. The van der Waals surface area contributed by atoms with Crippen LogP contribution in [0.3, 0.4) is 0 Å². The van der Waals surface area contributed by atoms with Crippen LogP contribution in [0.1, 0.15) is 48.9 Å². The Hall–Kier alpha value is -1.66. The van der Waals surface area contributed by atoms with Crippen LogP contribution < -0.4 is 5.32 Å². The maximum atomic E-state index is 12.7. The zero-order valence-electron chi connectivity index (χ0n) is 15.0. The van der Waals surface area contributed by atoms with E-state index < -0.39 is 0 Å². The van der Waals surface area contributed by atoms with Gasteiger partial charge in [-0.3, -0.25) is 4.79 Å². The van der Waals surface area contributed by atoms with Crippen LogP contribution in [0.5, 0.6) is 0 Å². The lowest BCUT2D eigenvalue weighted by Gasteiger charge is -2.32. The van der Waals surface area contributed by atoms with Crippen molar-refractivity contribution in [2.24, 2.45) is 5.92 Å². The monoisotopic (exact) mass is 347 g/mol. The van der Waals surface area contributed by atoms with Crippen molar-refractivity contribution in [3.63, 3.8) is 0 Å². The number of aliphatic hydroxyl groups excluding tert-OH is 1. The third-order valence-corrected chi connectivity index (χ3v) is 5.27. The van der Waals surface area contributed by atoms with Crippen LogP contribution in [0.25, 0.3) is 0 Å². The Morgan fingerprint density at radius 3 is 2.80 bits per heavy atom. The summed E-state index contributed by atoms with van der Waals surface area (Å²) in [6.07, 6.45) is 7.25. The number of nitrogens with zero attached hydrogens (tertiary/aromatic N) is 2. The Bertz CT molecular complexity index is 554. The van der Waals surface area contributed by atoms with E-state index in [0.717, 1.165) is 57.4 Å². The molecule has 6 nitrogen and oxygen atoms in total. The van der Waals surface area contributed by atoms with Crippen LogP contribution in [-0.2, 0) is 4.74 Å². The lowest BCUT2D eigenvalue weighted by Crippen LogP contribution is -2.41. The van der Waals surface area contributed by atoms with Crippen LogP contribution in [0.4, 0.5) is 5.82 Å². The summed E-state index contributed by atoms with van der Waals surface area (Å²) in [5.41, 5.74) is 0.641. The Labute approximate surface area is 149 Å². The van der Waals surface area contributed by atoms with Crippen molar-refractivity contribution in [2.45, 2.75) is 50.7 Å². The van der Waals surface area contributed by atoms with Gasteiger partial charge in [0.15, 0.2) is 0 Å². The molecule has 1 amide bonds. The van der Waals surface area contributed by atoms with E-state index in [0.29, 0.717) is 24.1 Å². The van der Waals surface area contributed by atoms with E-state index in [9.17, 15) is 9.90 Å². The summed E-state index contributed by atoms with van der Waals surface area (Å²) in [4.78, 5) is 19.0. The highest BCUT2D eigenvalue weighted by molar-refractivity contribution is 5.94. The number of aromatic nitrogens is 1. The number of pyridine rings is 1. The van der Waals surface area contributed by atoms with Crippen LogP contribution in [-0.4, -0.2) is 59.8 Å². The number of hydrogen-bond donors (Lipinski definition) is 2. The predicted octanol–water partition coefficient (Wildman–Crippen LogP) is 2.30. The first-order valence-electron chi connectivity index (χ1n) is 9.34. The van der Waals surface area contributed by atoms with Crippen LogP contribution >= 0.6 is 0 Å². The zero-order chi connectivity index (χ0) is 17.6. The summed E-state index contributed by atoms with van der Waals surface area (Å²) < 4.78 is 5.24. The first-order valence-corrected chi connectivity index (χ1v) is 9.34. The molecule has 1 aliphatic carbocycles. The van der Waals surface area contributed by atoms with Gasteiger partial charge in [0.2, 0.25) is 0 Å². The quantitative estimate of drug-likeness (QED) is 0.855. The topological polar surface area (TPSA) is 74.7 Å². The molecular formula is C19H29N3O3. The molecule has 0 spiro atoms. The Morgan fingerprint density at radius 2 is 2.12 bits per heavy atom. The molecule has 0 aromatic carbocycles. The summed E-state index contributed by atoms with van der Waals surface area (Å²) in [5.74, 6) is 1.28. The van der Waals surface area contributed by atoms with Gasteiger partial charge >= 0.3 is 0 Å². The van der Waals surface area contributed by atoms with Crippen molar-refractivity contribution in [3.05, 3.63) is 23.9 Å². The van der Waals surface area contributed by atoms with E-state index in [1.165, 1.54) is 0 Å². The van der Waals surface area contributed by atoms with E-state index in [-0.39, 0.29) is 12.0 Å². The first-order chi connectivity index (χ1) is 12.2. The molecule has 6 heteroatoms. The molecule has 2 heterocycles. The lowest BCUT2D eigenvalue weighted by atomic mass is 9.93. The molecule has 2 fully saturated rings. The Morgan fingerprint density at radius 1 is 1.32 bits per heavy atom. The number of carbonyl (C=O) groups excluding carboxylic acids is 1. The van der Waals surface area contributed by atoms with Gasteiger partial charge in [0.05, 0.1) is 18.3 Å². The van der Waals surface area contributed by atoms with Gasteiger partial charge in [0, 0.05) is 32.4 Å². The van der Waals surface area contributed by atoms with E-state index in [1.807, 2.05) is 17.0 Å². The molecule has 1 aromatic heterocycles. The summed E-state index contributed by atoms with van der Waals surface area (Å²) in [7, 11) is 1.71. The van der Waals surface area contributed by atoms with E-state index in [4.69, 9.17) is 4.74 Å². The van der Waals surface area contributed by atoms with Crippen molar-refractivity contribution in [2.75, 3.05) is 32.1 Å². The average molecular weight is 347 g/mol. The molecule has 1 saturated heterocycles. The summed E-state index contributed by atoms with van der Waals surface area (Å²) >= 11 is 0. The number of methoxy groups -OCH3 is 1. The minimum absolute atomic E-state index is 0.0561. The molecule has 3 rings (SSSR count). The van der Waals surface area contributed by atoms with Gasteiger partial charge in [-0.1, -0.05) is 0 Å². The van der Waals surface area contributed by atoms with Gasteiger partial charge in [-0.25, -0.2) is 4.98 Å². The number of nitrogens with one attached hydrogen (secondary N) is 1. The van der Waals surface area contributed by atoms with Crippen LogP contribution in [0, 0.1) is 5.92 Å². The van der Waals surface area contributed by atoms with Crippen molar-refractivity contribution < 1.29 is 14.6 Å². The number of piperidine rings is 1. The number of aliphatic hydroxyl groups is 1. The predicted molar refractivity (Wildman–Crippen MR) is 96.6 cm³/mol. The normalized spacial score (nSPS) is 27.1. The average Bonchev–Trinajstić information content (AvgIpc) is 2.64. The van der Waals surface area contributed by atoms with Crippen molar-refractivity contribution in [3.8, 4) is 0 Å². The molecule has 0 radical (unpaired) electrons. The third-order valence-electron chi connectivity index (χ3n) is 5.27. The number of anilines is 1. The SMILES string of the molecule is COC[C@H]1CCCN(C(=O)c2ccc(NC3CCC(O)CC3)nc2)C1. The number of ether oxygens (including phenoxy) is 1. The maximum absolute atomic E-state index is 12.7. The molecule has 1 aliphatic heterocycles. The smallest absolute Gasteiger partial charge is 0.255 e. The highest BCUT2D eigenvalue weighted by Crippen LogP contribution is 2.22. The van der Waals surface area contributed by atoms with Gasteiger partial charge in [-0.15, -0.1) is 0 Å². The Kier molecular flexibility index (Phi) is 6.26. The van der Waals surface area contributed by atoms with Crippen molar-refractivity contribution >= 4 is 11.7 Å². The van der Waals surface area contributed by atoms with Crippen molar-refractivity contribution in [1.29, 1.82) is 0 Å². The molecule has 2 aliphatic rings. The molecule has 1 aromatic rings. The summed E-state index contributed by atoms with van der Waals surface area (Å²) in [6.45, 7) is 2.28. The number of amides is 1. The van der Waals surface area contributed by atoms with E-state index in [1.54, 1.807) is 13.3 Å². The third kappa shape index (κ3) is 4.92. The fourth-order valence-corrected chi connectivity index (χ4v) is 3.84. The largest absolute Gasteiger partial charge is 0.393 e. The van der Waals surface area contributed by atoms with Gasteiger partial charge < -0.3 is 20.1 Å². The molecule has 138 valence electrons. The standard InChI is InChI=1S/C19H29N3O3/c1-25-13-14-3-2-10-22(12-14)19(24)15-4-9-18(20-11-15)21-16-5-7-17(23)8-6-16/h4,9,11,14,16-17,23H,2-3,5-8,10,12-13H2,1H3,(H,20,21)/t14-,16?,17?/m0/s1. The summed E-state index contributed by atoms with van der Waals surface area (Å²) in [6, 6.07) is 4.10. The number of carbonyl (C=O) groups is 1. The molecular weight excluding hydrogens is 318 g/mol. The molecule has 25 heavy (non-hydrogen) atoms. The van der Waals surface area contributed by atoms with E-state index in [2.05, 4.69) is 10.3 Å². The maximum Gasteiger partial charge on any atom is 0.255 e. The lowest BCUT2D eigenvalue weighted by molar-refractivity contribution is 0.0570. The van der Waals surface area contributed by atoms with E-state index >= 15 is 0 Å². The minimum atomic E-state index is -0.155. The number of rotatable bonds is 5. The number of hydrogen-bond acceptors (Lipinski definition) is 5. The molecule has 0 bridgehead atoms. The Balaban J connectivity index is 1.55. The zero-order valence-corrected chi connectivity index (χ0v) is 15.0. The van der Waals surface area contributed by atoms with Crippen LogP contribution in [0.2, 0.25) is 0 Å². The van der Waals surface area contributed by atoms with Gasteiger partial charge in [-0.2, -0.15) is 0 Å². The molecule has 0 unspecified atom stereocenters. The second kappa shape index (κ2) is 8.63. The second-order valence-corrected chi connectivity index (χ2v) is 7.30. The highest BCUT2D eigenvalue weighted by Gasteiger charge is 2.25. The van der Waals surface area contributed by atoms with Gasteiger partial charge in [0.25, 0.3) is 5.91 Å². The minimum Gasteiger partial charge on any atom is -0.393 e. The molecule has 1 atom stereocenters. The molecule has 2 N–H and O–H groups in total. The van der Waals surface area contributed by atoms with Crippen molar-refractivity contribution in [1.82, 2.24) is 9.88 Å². The fraction of sp³-hybridized carbons (Fsp3) is 0.684. The first kappa shape index (κ1) is 18.1. The molecule has 1 saturated carbocycles. The van der Waals surface area contributed by atoms with Gasteiger partial charge in [-0.05, 0) is 56.6 Å². The fourth-order valence-electron chi connectivity index (χ4n) is 3.84. The highest BCUT2D eigenvalue weighted by atomic mass is 16.5. The second-order valence-electron chi connectivity index (χ2n) is 7.30. The van der Waals surface area contributed by atoms with Crippen LogP contribution in [0.15, 0.2) is 18.3 Å². The summed E-state index contributed by atoms with van der Waals surface area (Å²) in [5, 5.41) is 13.0.